The molecule has 1 N–H and O–H groups in total. The van der Waals surface area contributed by atoms with Crippen LogP contribution in [0, 0.1) is 23.0 Å². The molecule has 0 saturated heterocycles. The molecule has 1 aromatic rings. The number of aryl methyl sites for hydroxylation is 2. The number of aromatic nitrogens is 2. The quantitative estimate of drug-likeness (QED) is 0.605. The van der Waals surface area contributed by atoms with Crippen molar-refractivity contribution in [2.75, 3.05) is 6.54 Å². The van der Waals surface area contributed by atoms with Crippen molar-refractivity contribution < 1.29 is 4.92 Å². The van der Waals surface area contributed by atoms with Crippen LogP contribution >= 0.6 is 0 Å². The maximum atomic E-state index is 11.2. The fourth-order valence-electron chi connectivity index (χ4n) is 2.60. The predicted molar refractivity (Wildman–Crippen MR) is 73.1 cm³/mol. The number of nitrogens with one attached hydrogen (secondary N) is 1. The van der Waals surface area contributed by atoms with E-state index in [-0.39, 0.29) is 10.6 Å². The molecule has 0 aromatic carbocycles. The van der Waals surface area contributed by atoms with Gasteiger partial charge in [-0.3, -0.25) is 14.8 Å². The van der Waals surface area contributed by atoms with Crippen LogP contribution in [0.5, 0.6) is 0 Å². The molecule has 0 spiro atoms. The van der Waals surface area contributed by atoms with Crippen molar-refractivity contribution in [3.63, 3.8) is 0 Å². The Bertz CT molecular complexity index is 465. The van der Waals surface area contributed by atoms with E-state index in [2.05, 4.69) is 17.3 Å². The molecule has 0 amide bonds. The monoisotopic (exact) mass is 266 g/mol. The summed E-state index contributed by atoms with van der Waals surface area (Å²) < 4.78 is 1.66. The summed E-state index contributed by atoms with van der Waals surface area (Å²) >= 11 is 0. The molecule has 0 radical (unpaired) electrons. The molecule has 1 aliphatic carbocycles. The summed E-state index contributed by atoms with van der Waals surface area (Å²) in [4.78, 5) is 10.9. The Kier molecular flexibility index (Phi) is 4.19. The van der Waals surface area contributed by atoms with E-state index in [1.165, 1.54) is 12.8 Å². The molecule has 1 atom stereocenters. The van der Waals surface area contributed by atoms with Gasteiger partial charge in [-0.05, 0) is 38.6 Å². The lowest BCUT2D eigenvalue weighted by molar-refractivity contribution is -0.386. The van der Waals surface area contributed by atoms with Crippen molar-refractivity contribution in [1.82, 2.24) is 15.1 Å². The maximum absolute atomic E-state index is 11.2. The number of nitrogens with zero attached hydrogens (tertiary/aromatic N) is 3. The average molecular weight is 266 g/mol. The van der Waals surface area contributed by atoms with Gasteiger partial charge in [0.15, 0.2) is 0 Å². The molecular formula is C13H22N4O2. The van der Waals surface area contributed by atoms with Gasteiger partial charge in [0.1, 0.15) is 11.4 Å². The average Bonchev–Trinajstić information content (AvgIpc) is 3.12. The highest BCUT2D eigenvalue weighted by atomic mass is 16.6. The SMILES string of the molecule is CCCNC(Cc1c([N+](=O)[O-])c(C)nn1C)C1CC1. The van der Waals surface area contributed by atoms with E-state index in [1.807, 2.05) is 0 Å². The smallest absolute Gasteiger partial charge is 0.313 e. The molecule has 19 heavy (non-hydrogen) atoms. The van der Waals surface area contributed by atoms with Gasteiger partial charge in [0, 0.05) is 19.5 Å². The van der Waals surface area contributed by atoms with Crippen LogP contribution in [-0.4, -0.2) is 27.3 Å². The fraction of sp³-hybridized carbons (Fsp3) is 0.769. The van der Waals surface area contributed by atoms with Crippen molar-refractivity contribution in [1.29, 1.82) is 0 Å². The van der Waals surface area contributed by atoms with Crippen LogP contribution in [0.4, 0.5) is 5.69 Å². The minimum atomic E-state index is -0.304. The van der Waals surface area contributed by atoms with Crippen molar-refractivity contribution in [2.24, 2.45) is 13.0 Å². The van der Waals surface area contributed by atoms with E-state index in [0.29, 0.717) is 24.1 Å². The summed E-state index contributed by atoms with van der Waals surface area (Å²) in [7, 11) is 1.79. The van der Waals surface area contributed by atoms with E-state index in [0.717, 1.165) is 18.7 Å². The lowest BCUT2D eigenvalue weighted by Crippen LogP contribution is -2.34. The normalized spacial score (nSPS) is 16.6. The second-order valence-electron chi connectivity index (χ2n) is 5.36. The van der Waals surface area contributed by atoms with Crippen molar-refractivity contribution in [2.45, 2.75) is 45.6 Å². The first-order chi connectivity index (χ1) is 9.04. The summed E-state index contributed by atoms with van der Waals surface area (Å²) in [6.45, 7) is 4.80. The van der Waals surface area contributed by atoms with Crippen LogP contribution in [-0.2, 0) is 13.5 Å². The minimum Gasteiger partial charge on any atom is -0.313 e. The Balaban J connectivity index is 2.18. The van der Waals surface area contributed by atoms with Gasteiger partial charge in [0.2, 0.25) is 0 Å². The van der Waals surface area contributed by atoms with Gasteiger partial charge in [-0.25, -0.2) is 0 Å². The molecule has 106 valence electrons. The van der Waals surface area contributed by atoms with Crippen molar-refractivity contribution >= 4 is 5.69 Å². The van der Waals surface area contributed by atoms with Crippen LogP contribution in [0.25, 0.3) is 0 Å². The summed E-state index contributed by atoms with van der Waals surface area (Å²) in [6.07, 6.45) is 4.23. The first kappa shape index (κ1) is 14.0. The highest BCUT2D eigenvalue weighted by Crippen LogP contribution is 2.35. The maximum Gasteiger partial charge on any atom is 0.313 e. The molecular weight excluding hydrogens is 244 g/mol. The van der Waals surface area contributed by atoms with E-state index < -0.39 is 0 Å². The van der Waals surface area contributed by atoms with E-state index in [1.54, 1.807) is 18.7 Å². The topological polar surface area (TPSA) is 73.0 Å². The predicted octanol–water partition coefficient (Wildman–Crippen LogP) is 1.96. The molecule has 2 rings (SSSR count). The second-order valence-corrected chi connectivity index (χ2v) is 5.36. The number of nitro groups is 1. The molecule has 1 unspecified atom stereocenters. The zero-order chi connectivity index (χ0) is 14.0. The molecule has 1 saturated carbocycles. The summed E-state index contributed by atoms with van der Waals surface area (Å²) in [6, 6.07) is 0.341. The molecule has 1 fully saturated rings. The Labute approximate surface area is 113 Å². The highest BCUT2D eigenvalue weighted by Gasteiger charge is 2.34. The van der Waals surface area contributed by atoms with Gasteiger partial charge in [-0.2, -0.15) is 5.10 Å². The van der Waals surface area contributed by atoms with Gasteiger partial charge in [-0.15, -0.1) is 0 Å². The third-order valence-corrected chi connectivity index (χ3v) is 3.75. The third-order valence-electron chi connectivity index (χ3n) is 3.75. The zero-order valence-corrected chi connectivity index (χ0v) is 11.8. The first-order valence-corrected chi connectivity index (χ1v) is 6.94. The van der Waals surface area contributed by atoms with Gasteiger partial charge < -0.3 is 5.32 Å². The number of rotatable bonds is 7. The van der Waals surface area contributed by atoms with Crippen LogP contribution in [0.2, 0.25) is 0 Å². The van der Waals surface area contributed by atoms with E-state index in [4.69, 9.17) is 0 Å². The van der Waals surface area contributed by atoms with Crippen LogP contribution in [0.15, 0.2) is 0 Å². The van der Waals surface area contributed by atoms with E-state index >= 15 is 0 Å². The summed E-state index contributed by atoms with van der Waals surface area (Å²) in [5.74, 6) is 0.668. The standard InChI is InChI=1S/C13H22N4O2/c1-4-7-14-11(10-5-6-10)8-12-13(17(18)19)9(2)15-16(12)3/h10-11,14H,4-8H2,1-3H3. The van der Waals surface area contributed by atoms with Crippen molar-refractivity contribution in [3.8, 4) is 0 Å². The lowest BCUT2D eigenvalue weighted by Gasteiger charge is -2.17. The van der Waals surface area contributed by atoms with Gasteiger partial charge >= 0.3 is 5.69 Å². The zero-order valence-electron chi connectivity index (χ0n) is 11.8. The van der Waals surface area contributed by atoms with Crippen molar-refractivity contribution in [3.05, 3.63) is 21.5 Å². The molecule has 1 aliphatic rings. The summed E-state index contributed by atoms with van der Waals surface area (Å²) in [5.41, 5.74) is 1.43. The molecule has 6 nitrogen and oxygen atoms in total. The number of hydrogen-bond donors (Lipinski definition) is 1. The Morgan fingerprint density at radius 2 is 2.26 bits per heavy atom. The fourth-order valence-corrected chi connectivity index (χ4v) is 2.60. The number of hydrogen-bond acceptors (Lipinski definition) is 4. The van der Waals surface area contributed by atoms with Gasteiger partial charge in [0.25, 0.3) is 0 Å². The Hall–Kier alpha value is -1.43. The largest absolute Gasteiger partial charge is 0.313 e. The molecule has 0 bridgehead atoms. The van der Waals surface area contributed by atoms with Gasteiger partial charge in [-0.1, -0.05) is 6.92 Å². The van der Waals surface area contributed by atoms with Crippen LogP contribution in [0.3, 0.4) is 0 Å². The third kappa shape index (κ3) is 3.12. The molecule has 1 aromatic heterocycles. The first-order valence-electron chi connectivity index (χ1n) is 6.94. The Morgan fingerprint density at radius 3 is 2.79 bits per heavy atom. The second kappa shape index (κ2) is 5.69. The molecule has 0 aliphatic heterocycles. The Morgan fingerprint density at radius 1 is 1.58 bits per heavy atom. The lowest BCUT2D eigenvalue weighted by atomic mass is 10.0. The van der Waals surface area contributed by atoms with E-state index in [9.17, 15) is 10.1 Å². The van der Waals surface area contributed by atoms with Crippen LogP contribution in [0.1, 0.15) is 37.6 Å². The molecule has 6 heteroatoms. The van der Waals surface area contributed by atoms with Crippen LogP contribution < -0.4 is 5.32 Å². The minimum absolute atomic E-state index is 0.187. The summed E-state index contributed by atoms with van der Waals surface area (Å²) in [5, 5.41) is 18.9. The van der Waals surface area contributed by atoms with Gasteiger partial charge in [0.05, 0.1) is 4.92 Å². The highest BCUT2D eigenvalue weighted by molar-refractivity contribution is 5.41. The molecule has 1 heterocycles.